The summed E-state index contributed by atoms with van der Waals surface area (Å²) in [5.74, 6) is 2.69. The number of aryl methyl sites for hydroxylation is 2. The first-order valence-corrected chi connectivity index (χ1v) is 5.80. The fraction of sp³-hybridized carbons (Fsp3) is 0.467. The van der Waals surface area contributed by atoms with Gasteiger partial charge in [-0.05, 0) is 48.9 Å². The molecule has 0 amide bonds. The molecule has 0 N–H and O–H groups in total. The molecule has 1 heteroatoms. The molecule has 1 unspecified atom stereocenters. The average Bonchev–Trinajstić information content (AvgIpc) is 2.23. The Bertz CT molecular complexity index is 399. The van der Waals surface area contributed by atoms with Gasteiger partial charge >= 0.3 is 0 Å². The van der Waals surface area contributed by atoms with E-state index in [1.54, 1.807) is 6.07 Å². The van der Waals surface area contributed by atoms with Crippen LogP contribution in [0, 0.1) is 32.0 Å². The molecule has 1 aromatic carbocycles. The Morgan fingerprint density at radius 1 is 1.31 bits per heavy atom. The molecule has 86 valence electrons. The van der Waals surface area contributed by atoms with Crippen molar-refractivity contribution in [1.29, 1.82) is 0 Å². The van der Waals surface area contributed by atoms with Gasteiger partial charge in [0.1, 0.15) is 5.82 Å². The Hall–Kier alpha value is -1.29. The summed E-state index contributed by atoms with van der Waals surface area (Å²) in [6, 6.07) is 3.56. The van der Waals surface area contributed by atoms with Gasteiger partial charge in [0.25, 0.3) is 0 Å². The van der Waals surface area contributed by atoms with E-state index in [4.69, 9.17) is 6.42 Å². The summed E-state index contributed by atoms with van der Waals surface area (Å²) in [5, 5.41) is 0. The number of rotatable bonds is 4. The lowest BCUT2D eigenvalue weighted by molar-refractivity contribution is 0.554. The Labute approximate surface area is 97.9 Å². The van der Waals surface area contributed by atoms with Crippen LogP contribution < -0.4 is 0 Å². The van der Waals surface area contributed by atoms with Crippen LogP contribution in [0.25, 0.3) is 0 Å². The maximum absolute atomic E-state index is 13.9. The highest BCUT2D eigenvalue weighted by atomic mass is 19.1. The minimum atomic E-state index is -0.114. The van der Waals surface area contributed by atoms with E-state index >= 15 is 0 Å². The highest BCUT2D eigenvalue weighted by molar-refractivity contribution is 5.34. The van der Waals surface area contributed by atoms with Crippen LogP contribution in [0.5, 0.6) is 0 Å². The molecule has 0 aliphatic rings. The number of terminal acetylenes is 1. The van der Waals surface area contributed by atoms with Crippen molar-refractivity contribution in [2.24, 2.45) is 0 Å². The molecular weight excluding hydrogens is 199 g/mol. The maximum atomic E-state index is 13.9. The standard InChI is InChI=1S/C15H19F/c1-5-7-13(8-6-2)14-9-11(3)12(4)10-15(14)16/h1,9-10,13H,6-8H2,2-4H3. The molecule has 0 heterocycles. The summed E-state index contributed by atoms with van der Waals surface area (Å²) in [7, 11) is 0. The van der Waals surface area contributed by atoms with Crippen molar-refractivity contribution >= 4 is 0 Å². The molecular formula is C15H19F. The molecule has 0 aliphatic carbocycles. The van der Waals surface area contributed by atoms with E-state index < -0.39 is 0 Å². The van der Waals surface area contributed by atoms with Crippen molar-refractivity contribution < 1.29 is 4.39 Å². The van der Waals surface area contributed by atoms with E-state index in [1.807, 2.05) is 19.9 Å². The first-order valence-electron chi connectivity index (χ1n) is 5.80. The second kappa shape index (κ2) is 5.70. The topological polar surface area (TPSA) is 0 Å². The zero-order valence-electron chi connectivity index (χ0n) is 10.3. The highest BCUT2D eigenvalue weighted by Gasteiger charge is 2.15. The fourth-order valence-corrected chi connectivity index (χ4v) is 1.97. The lowest BCUT2D eigenvalue weighted by Crippen LogP contribution is -2.02. The zero-order valence-corrected chi connectivity index (χ0v) is 10.3. The van der Waals surface area contributed by atoms with Crippen LogP contribution in [0.15, 0.2) is 12.1 Å². The van der Waals surface area contributed by atoms with Crippen molar-refractivity contribution in [3.63, 3.8) is 0 Å². The van der Waals surface area contributed by atoms with Crippen molar-refractivity contribution in [3.8, 4) is 12.3 Å². The molecule has 0 radical (unpaired) electrons. The van der Waals surface area contributed by atoms with Crippen LogP contribution in [0.1, 0.15) is 48.8 Å². The summed E-state index contributed by atoms with van der Waals surface area (Å²) in [6.07, 6.45) is 7.94. The molecule has 0 bridgehead atoms. The van der Waals surface area contributed by atoms with Gasteiger partial charge in [0.15, 0.2) is 0 Å². The Balaban J connectivity index is 3.09. The van der Waals surface area contributed by atoms with E-state index in [-0.39, 0.29) is 11.7 Å². The highest BCUT2D eigenvalue weighted by Crippen LogP contribution is 2.28. The minimum absolute atomic E-state index is 0.114. The molecule has 0 aliphatic heterocycles. The van der Waals surface area contributed by atoms with Crippen molar-refractivity contribution in [2.75, 3.05) is 0 Å². The zero-order chi connectivity index (χ0) is 12.1. The molecule has 16 heavy (non-hydrogen) atoms. The van der Waals surface area contributed by atoms with E-state index in [1.165, 1.54) is 0 Å². The van der Waals surface area contributed by atoms with Crippen LogP contribution in [-0.4, -0.2) is 0 Å². The molecule has 0 spiro atoms. The number of benzene rings is 1. The van der Waals surface area contributed by atoms with E-state index in [2.05, 4.69) is 12.8 Å². The van der Waals surface area contributed by atoms with Crippen LogP contribution >= 0.6 is 0 Å². The van der Waals surface area contributed by atoms with E-state index in [9.17, 15) is 4.39 Å². The minimum Gasteiger partial charge on any atom is -0.207 e. The summed E-state index contributed by atoms with van der Waals surface area (Å²) < 4.78 is 13.9. The quantitative estimate of drug-likeness (QED) is 0.659. The Kier molecular flexibility index (Phi) is 4.55. The lowest BCUT2D eigenvalue weighted by atomic mass is 9.89. The SMILES string of the molecule is C#CCC(CCC)c1cc(C)c(C)cc1F. The third-order valence-corrected chi connectivity index (χ3v) is 3.05. The normalized spacial score (nSPS) is 12.2. The van der Waals surface area contributed by atoms with Crippen LogP contribution in [0.2, 0.25) is 0 Å². The third-order valence-electron chi connectivity index (χ3n) is 3.05. The maximum Gasteiger partial charge on any atom is 0.126 e. The van der Waals surface area contributed by atoms with Gasteiger partial charge in [0.2, 0.25) is 0 Å². The van der Waals surface area contributed by atoms with Gasteiger partial charge in [0, 0.05) is 6.42 Å². The first kappa shape index (κ1) is 12.8. The third kappa shape index (κ3) is 2.85. The predicted octanol–water partition coefficient (Wildman–Crippen LogP) is 4.35. The number of hydrogen-bond acceptors (Lipinski definition) is 0. The van der Waals surface area contributed by atoms with Crippen molar-refractivity contribution in [2.45, 2.75) is 46.0 Å². The first-order chi connectivity index (χ1) is 7.60. The van der Waals surface area contributed by atoms with Gasteiger partial charge in [-0.3, -0.25) is 0 Å². The lowest BCUT2D eigenvalue weighted by Gasteiger charge is -2.16. The Morgan fingerprint density at radius 2 is 1.94 bits per heavy atom. The second-order valence-electron chi connectivity index (χ2n) is 4.35. The molecule has 0 saturated heterocycles. The average molecular weight is 218 g/mol. The second-order valence-corrected chi connectivity index (χ2v) is 4.35. The summed E-state index contributed by atoms with van der Waals surface area (Å²) in [4.78, 5) is 0. The smallest absolute Gasteiger partial charge is 0.126 e. The van der Waals surface area contributed by atoms with Gasteiger partial charge < -0.3 is 0 Å². The van der Waals surface area contributed by atoms with Crippen LogP contribution in [0.4, 0.5) is 4.39 Å². The predicted molar refractivity (Wildman–Crippen MR) is 67.0 cm³/mol. The number of halogens is 1. The van der Waals surface area contributed by atoms with Gasteiger partial charge in [-0.2, -0.15) is 0 Å². The van der Waals surface area contributed by atoms with Crippen molar-refractivity contribution in [1.82, 2.24) is 0 Å². The van der Waals surface area contributed by atoms with Crippen molar-refractivity contribution in [3.05, 3.63) is 34.6 Å². The molecule has 1 rings (SSSR count). The molecule has 1 aromatic rings. The van der Waals surface area contributed by atoms with Gasteiger partial charge in [0.05, 0.1) is 0 Å². The fourth-order valence-electron chi connectivity index (χ4n) is 1.97. The van der Waals surface area contributed by atoms with Gasteiger partial charge in [-0.1, -0.05) is 19.4 Å². The number of hydrogen-bond donors (Lipinski definition) is 0. The van der Waals surface area contributed by atoms with E-state index in [0.717, 1.165) is 29.5 Å². The summed E-state index contributed by atoms with van der Waals surface area (Å²) >= 11 is 0. The molecule has 1 atom stereocenters. The Morgan fingerprint density at radius 3 is 2.50 bits per heavy atom. The van der Waals surface area contributed by atoms with Gasteiger partial charge in [-0.25, -0.2) is 4.39 Å². The van der Waals surface area contributed by atoms with Gasteiger partial charge in [-0.15, -0.1) is 12.3 Å². The van der Waals surface area contributed by atoms with E-state index in [0.29, 0.717) is 6.42 Å². The largest absolute Gasteiger partial charge is 0.207 e. The molecule has 0 saturated carbocycles. The van der Waals surface area contributed by atoms with Crippen LogP contribution in [0.3, 0.4) is 0 Å². The summed E-state index contributed by atoms with van der Waals surface area (Å²) in [5.41, 5.74) is 2.91. The van der Waals surface area contributed by atoms with Crippen LogP contribution in [-0.2, 0) is 0 Å². The molecule has 0 aromatic heterocycles. The summed E-state index contributed by atoms with van der Waals surface area (Å²) in [6.45, 7) is 6.04. The molecule has 0 nitrogen and oxygen atoms in total. The monoisotopic (exact) mass is 218 g/mol. The molecule has 0 fully saturated rings.